The Kier molecular flexibility index (Phi) is 2.11. The van der Waals surface area contributed by atoms with Gasteiger partial charge in [0.2, 0.25) is 6.43 Å². The fourth-order valence-electron chi connectivity index (χ4n) is 1.09. The summed E-state index contributed by atoms with van der Waals surface area (Å²) in [6, 6.07) is 0. The highest BCUT2D eigenvalue weighted by Gasteiger charge is 2.50. The molecule has 2 nitrogen and oxygen atoms in total. The summed E-state index contributed by atoms with van der Waals surface area (Å²) < 4.78 is 24.3. The first-order valence-corrected chi connectivity index (χ1v) is 3.57. The van der Waals surface area contributed by atoms with Crippen molar-refractivity contribution in [3.05, 3.63) is 0 Å². The molecule has 0 amide bonds. The molecule has 0 aromatic carbocycles. The van der Waals surface area contributed by atoms with Crippen LogP contribution in [0.15, 0.2) is 0 Å². The van der Waals surface area contributed by atoms with E-state index in [2.05, 4.69) is 0 Å². The molecule has 4 heteroatoms. The van der Waals surface area contributed by atoms with Gasteiger partial charge in [-0.1, -0.05) is 0 Å². The predicted octanol–water partition coefficient (Wildman–Crippen LogP) is 1.90. The zero-order valence-electron chi connectivity index (χ0n) is 6.02. The Morgan fingerprint density at radius 2 is 2.09 bits per heavy atom. The molecule has 1 aliphatic rings. The van der Waals surface area contributed by atoms with Crippen LogP contribution in [0.5, 0.6) is 0 Å². The minimum atomic E-state index is -2.35. The van der Waals surface area contributed by atoms with Crippen molar-refractivity contribution >= 4 is 5.97 Å². The highest BCUT2D eigenvalue weighted by molar-refractivity contribution is 5.66. The van der Waals surface area contributed by atoms with E-state index >= 15 is 0 Å². The lowest BCUT2D eigenvalue weighted by Gasteiger charge is -2.10. The van der Waals surface area contributed by atoms with Gasteiger partial charge >= 0.3 is 5.97 Å². The molecule has 0 aromatic rings. The predicted molar refractivity (Wildman–Crippen MR) is 34.5 cm³/mol. The van der Waals surface area contributed by atoms with E-state index in [1.807, 2.05) is 0 Å². The summed E-state index contributed by atoms with van der Waals surface area (Å²) in [6.45, 7) is 0. The second-order valence-electron chi connectivity index (χ2n) is 3.06. The lowest BCUT2D eigenvalue weighted by molar-refractivity contribution is -0.137. The Morgan fingerprint density at radius 3 is 2.36 bits per heavy atom. The Labute approximate surface area is 63.2 Å². The number of hydrogen-bond donors (Lipinski definition) is 1. The molecule has 1 aliphatic carbocycles. The normalized spacial score (nSPS) is 20.3. The first kappa shape index (κ1) is 8.43. The number of halogens is 2. The first-order chi connectivity index (χ1) is 5.07. The molecular formula is C7H10F2O2. The maximum absolute atomic E-state index is 12.1. The van der Waals surface area contributed by atoms with Gasteiger partial charge in [-0.05, 0) is 19.3 Å². The summed E-state index contributed by atoms with van der Waals surface area (Å²) >= 11 is 0. The molecule has 0 atom stereocenters. The highest BCUT2D eigenvalue weighted by atomic mass is 19.3. The van der Waals surface area contributed by atoms with Crippen molar-refractivity contribution in [2.24, 2.45) is 5.41 Å². The number of aliphatic carboxylic acids is 1. The van der Waals surface area contributed by atoms with E-state index in [4.69, 9.17) is 5.11 Å². The van der Waals surface area contributed by atoms with Crippen molar-refractivity contribution in [3.8, 4) is 0 Å². The molecule has 64 valence electrons. The van der Waals surface area contributed by atoms with Gasteiger partial charge in [-0.2, -0.15) is 0 Å². The van der Waals surface area contributed by atoms with E-state index in [0.717, 1.165) is 0 Å². The lowest BCUT2D eigenvalue weighted by atomic mass is 10.0. The molecule has 1 rings (SSSR count). The van der Waals surface area contributed by atoms with E-state index in [1.54, 1.807) is 0 Å². The molecular weight excluding hydrogens is 154 g/mol. The third-order valence-corrected chi connectivity index (χ3v) is 2.19. The number of hydrogen-bond acceptors (Lipinski definition) is 1. The third kappa shape index (κ3) is 1.88. The molecule has 0 spiro atoms. The Balaban J connectivity index is 2.30. The van der Waals surface area contributed by atoms with Crippen molar-refractivity contribution in [1.82, 2.24) is 0 Å². The summed E-state index contributed by atoms with van der Waals surface area (Å²) in [5.41, 5.74) is -0.932. The SMILES string of the molecule is O=C(O)CCC1(C(F)F)CC1. The average molecular weight is 164 g/mol. The number of rotatable bonds is 4. The van der Waals surface area contributed by atoms with Crippen LogP contribution in [0.25, 0.3) is 0 Å². The van der Waals surface area contributed by atoms with Gasteiger partial charge in [0.05, 0.1) is 0 Å². The summed E-state index contributed by atoms with van der Waals surface area (Å²) in [6.07, 6.45) is -1.39. The van der Waals surface area contributed by atoms with Gasteiger partial charge in [0, 0.05) is 11.8 Å². The number of carboxylic acids is 1. The van der Waals surface area contributed by atoms with Crippen LogP contribution in [0.4, 0.5) is 8.78 Å². The fourth-order valence-corrected chi connectivity index (χ4v) is 1.09. The van der Waals surface area contributed by atoms with Gasteiger partial charge < -0.3 is 5.11 Å². The monoisotopic (exact) mass is 164 g/mol. The van der Waals surface area contributed by atoms with Crippen LogP contribution in [-0.2, 0) is 4.79 Å². The molecule has 1 N–H and O–H groups in total. The second kappa shape index (κ2) is 2.75. The van der Waals surface area contributed by atoms with E-state index in [0.29, 0.717) is 12.8 Å². The smallest absolute Gasteiger partial charge is 0.303 e. The molecule has 0 aliphatic heterocycles. The van der Waals surface area contributed by atoms with Crippen molar-refractivity contribution in [1.29, 1.82) is 0 Å². The van der Waals surface area contributed by atoms with Gasteiger partial charge in [-0.3, -0.25) is 4.79 Å². The minimum Gasteiger partial charge on any atom is -0.481 e. The molecule has 0 aromatic heterocycles. The minimum absolute atomic E-state index is 0.125. The Morgan fingerprint density at radius 1 is 1.55 bits per heavy atom. The molecule has 1 fully saturated rings. The number of carbonyl (C=O) groups is 1. The molecule has 0 bridgehead atoms. The van der Waals surface area contributed by atoms with Crippen molar-refractivity contribution in [2.75, 3.05) is 0 Å². The maximum atomic E-state index is 12.1. The second-order valence-corrected chi connectivity index (χ2v) is 3.06. The van der Waals surface area contributed by atoms with Crippen LogP contribution in [0.1, 0.15) is 25.7 Å². The lowest BCUT2D eigenvalue weighted by Crippen LogP contribution is -2.13. The van der Waals surface area contributed by atoms with Crippen LogP contribution >= 0.6 is 0 Å². The first-order valence-electron chi connectivity index (χ1n) is 3.57. The van der Waals surface area contributed by atoms with E-state index in [9.17, 15) is 13.6 Å². The van der Waals surface area contributed by atoms with Crippen LogP contribution in [-0.4, -0.2) is 17.5 Å². The quantitative estimate of drug-likeness (QED) is 0.688. The number of carboxylic acid groups (broad SMARTS) is 1. The molecule has 0 saturated heterocycles. The zero-order valence-corrected chi connectivity index (χ0v) is 6.02. The van der Waals surface area contributed by atoms with Gasteiger partial charge in [-0.15, -0.1) is 0 Å². The summed E-state index contributed by atoms with van der Waals surface area (Å²) in [7, 11) is 0. The standard InChI is InChI=1S/C7H10F2O2/c8-6(9)7(3-4-7)2-1-5(10)11/h6H,1-4H2,(H,10,11). The van der Waals surface area contributed by atoms with E-state index in [-0.39, 0.29) is 12.8 Å². The van der Waals surface area contributed by atoms with Crippen molar-refractivity contribution in [3.63, 3.8) is 0 Å². The summed E-state index contributed by atoms with van der Waals surface area (Å²) in [5, 5.41) is 8.24. The topological polar surface area (TPSA) is 37.3 Å². The fraction of sp³-hybridized carbons (Fsp3) is 0.857. The van der Waals surface area contributed by atoms with Gasteiger partial charge in [-0.25, -0.2) is 8.78 Å². The molecule has 1 saturated carbocycles. The Bertz CT molecular complexity index is 164. The van der Waals surface area contributed by atoms with Gasteiger partial charge in [0.25, 0.3) is 0 Å². The van der Waals surface area contributed by atoms with E-state index in [1.165, 1.54) is 0 Å². The van der Waals surface area contributed by atoms with Gasteiger partial charge in [0.15, 0.2) is 0 Å². The van der Waals surface area contributed by atoms with Crippen LogP contribution in [0.3, 0.4) is 0 Å². The molecule has 0 unspecified atom stereocenters. The molecule has 0 radical (unpaired) electrons. The zero-order chi connectivity index (χ0) is 8.48. The summed E-state index contributed by atoms with van der Waals surface area (Å²) in [5.74, 6) is -0.989. The number of alkyl halides is 2. The maximum Gasteiger partial charge on any atom is 0.303 e. The van der Waals surface area contributed by atoms with Crippen molar-refractivity contribution in [2.45, 2.75) is 32.1 Å². The van der Waals surface area contributed by atoms with Crippen LogP contribution in [0, 0.1) is 5.41 Å². The molecule has 11 heavy (non-hydrogen) atoms. The van der Waals surface area contributed by atoms with Gasteiger partial charge in [0.1, 0.15) is 0 Å². The van der Waals surface area contributed by atoms with Crippen molar-refractivity contribution < 1.29 is 18.7 Å². The average Bonchev–Trinajstić information content (AvgIpc) is 2.63. The van der Waals surface area contributed by atoms with E-state index < -0.39 is 17.8 Å². The largest absolute Gasteiger partial charge is 0.481 e. The third-order valence-electron chi connectivity index (χ3n) is 2.19. The summed E-state index contributed by atoms with van der Waals surface area (Å²) in [4.78, 5) is 10.1. The molecule has 0 heterocycles. The Hall–Kier alpha value is -0.670. The van der Waals surface area contributed by atoms with Crippen LogP contribution in [0.2, 0.25) is 0 Å². The highest BCUT2D eigenvalue weighted by Crippen LogP contribution is 2.54. The van der Waals surface area contributed by atoms with Crippen LogP contribution < -0.4 is 0 Å².